The van der Waals surface area contributed by atoms with E-state index in [4.69, 9.17) is 0 Å². The average Bonchev–Trinajstić information content (AvgIpc) is 1.35. The van der Waals surface area contributed by atoms with Crippen LogP contribution in [0.4, 0.5) is 0 Å². The van der Waals surface area contributed by atoms with Crippen molar-refractivity contribution in [2.24, 2.45) is 0 Å². The average molecular weight is 105 g/mol. The molecule has 0 spiro atoms. The molecule has 0 atom stereocenters. The van der Waals surface area contributed by atoms with Gasteiger partial charge in [-0.05, 0) is 0 Å². The zero-order chi connectivity index (χ0) is 4.99. The van der Waals surface area contributed by atoms with Crippen LogP contribution in [0.3, 0.4) is 0 Å². The van der Waals surface area contributed by atoms with Gasteiger partial charge in [-0.15, -0.1) is 0 Å². The molecule has 0 aliphatic rings. The van der Waals surface area contributed by atoms with Crippen molar-refractivity contribution >= 4 is 16.0 Å². The number of carbonyl (C=O) groups excluding carboxylic acids is 1. The molecule has 0 heterocycles. The fourth-order valence-electron chi connectivity index (χ4n) is 0.0830. The Morgan fingerprint density at radius 1 is 1.83 bits per heavy atom. The summed E-state index contributed by atoms with van der Waals surface area (Å²) >= 11 is 0. The third kappa shape index (κ3) is 3.65. The minimum absolute atomic E-state index is 0.461. The summed E-state index contributed by atoms with van der Waals surface area (Å²) in [7, 11) is -1.73. The van der Waals surface area contributed by atoms with Crippen LogP contribution in [-0.4, -0.2) is 16.0 Å². The van der Waals surface area contributed by atoms with Crippen molar-refractivity contribution in [3.05, 3.63) is 0 Å². The van der Waals surface area contributed by atoms with Crippen LogP contribution >= 0.6 is 0 Å². The Balaban J connectivity index is 2.83. The lowest BCUT2D eigenvalue weighted by atomic mass is 10.9. The van der Waals surface area contributed by atoms with Gasteiger partial charge in [0.15, 0.2) is 0 Å². The van der Waals surface area contributed by atoms with Gasteiger partial charge >= 0.3 is 10.0 Å². The van der Waals surface area contributed by atoms with Gasteiger partial charge < -0.3 is 4.43 Å². The molecule has 0 fully saturated rings. The summed E-state index contributed by atoms with van der Waals surface area (Å²) in [6.45, 7) is 1.23. The molecule has 0 unspecified atom stereocenters. The highest BCUT2D eigenvalue weighted by atomic mass is 28.2. The van der Waals surface area contributed by atoms with Gasteiger partial charge in [-0.1, -0.05) is 0 Å². The van der Waals surface area contributed by atoms with E-state index in [0.717, 1.165) is 0 Å². The molecule has 0 aromatic heterocycles. The largest absolute Gasteiger partial charge is 0.497 e. The second kappa shape index (κ2) is 2.86. The lowest BCUT2D eigenvalue weighted by Crippen LogP contribution is -2.00. The van der Waals surface area contributed by atoms with Gasteiger partial charge in [0.25, 0.3) is 5.97 Å². The van der Waals surface area contributed by atoms with E-state index in [2.05, 4.69) is 4.43 Å². The monoisotopic (exact) mass is 105 g/mol. The van der Waals surface area contributed by atoms with Crippen LogP contribution in [0.2, 0.25) is 0 Å². The molecule has 35 valence electrons. The van der Waals surface area contributed by atoms with Gasteiger partial charge in [0.2, 0.25) is 0 Å². The van der Waals surface area contributed by atoms with Gasteiger partial charge in [-0.25, -0.2) is 0 Å². The van der Waals surface area contributed by atoms with E-state index in [0.29, 0.717) is 0 Å². The number of rotatable bonds is 1. The fourth-order valence-corrected chi connectivity index (χ4v) is 0.249. The summed E-state index contributed by atoms with van der Waals surface area (Å²) in [5, 5.41) is 0. The third-order valence-corrected chi connectivity index (χ3v) is 0.787. The molecule has 0 aromatic carbocycles. The van der Waals surface area contributed by atoms with E-state index >= 15 is 0 Å². The first-order chi connectivity index (χ1) is 2.77. The van der Waals surface area contributed by atoms with E-state index in [1.54, 1.807) is 0 Å². The van der Waals surface area contributed by atoms with Gasteiger partial charge in [0.1, 0.15) is 0 Å². The number of carbonyl (C=O) groups is 1. The minimum atomic E-state index is -1.73. The van der Waals surface area contributed by atoms with Gasteiger partial charge in [-0.2, -0.15) is 0 Å². The zero-order valence-corrected chi connectivity index (χ0v) is 4.85. The molecular formula is C2H5O3Si. The Hall–Kier alpha value is -0.353. The highest BCUT2D eigenvalue weighted by molar-refractivity contribution is 6.19. The molecule has 0 bridgehead atoms. The smallest absolute Gasteiger partial charge is 0.401 e. The molecular weight excluding hydrogens is 100 g/mol. The molecule has 0 rings (SSSR count). The van der Waals surface area contributed by atoms with Crippen LogP contribution in [0, 0.1) is 0 Å². The number of hydrogen-bond acceptors (Lipinski definition) is 2. The zero-order valence-electron chi connectivity index (χ0n) is 3.43. The summed E-state index contributed by atoms with van der Waals surface area (Å²) in [5.74, 6) is -0.461. The SMILES string of the molecule is CC(=O)O[SiH2][O]. The molecule has 3 nitrogen and oxygen atoms in total. The number of hydrogen-bond donors (Lipinski definition) is 0. The summed E-state index contributed by atoms with van der Waals surface area (Å²) in [6, 6.07) is 0. The summed E-state index contributed by atoms with van der Waals surface area (Å²) in [6.07, 6.45) is 0. The summed E-state index contributed by atoms with van der Waals surface area (Å²) in [5.41, 5.74) is 0. The minimum Gasteiger partial charge on any atom is -0.497 e. The Labute approximate surface area is 38.0 Å². The molecule has 6 heavy (non-hydrogen) atoms. The maximum absolute atomic E-state index is 9.66. The van der Waals surface area contributed by atoms with Crippen LogP contribution in [0.25, 0.3) is 0 Å². The highest BCUT2D eigenvalue weighted by Crippen LogP contribution is 1.65. The molecule has 1 radical (unpaired) electrons. The molecule has 0 aliphatic carbocycles. The van der Waals surface area contributed by atoms with Crippen molar-refractivity contribution in [3.8, 4) is 0 Å². The predicted octanol–water partition coefficient (Wildman–Crippen LogP) is -1.02. The first kappa shape index (κ1) is 5.65. The van der Waals surface area contributed by atoms with Gasteiger partial charge in [0.05, 0.1) is 0 Å². The molecule has 0 saturated heterocycles. The Bertz CT molecular complexity index is 52.8. The standard InChI is InChI=1S/C2H5O3Si/c1-2(3)5-6-4/h6H2,1H3. The van der Waals surface area contributed by atoms with E-state index in [1.807, 2.05) is 0 Å². The van der Waals surface area contributed by atoms with Gasteiger partial charge in [-0.3, -0.25) is 9.59 Å². The van der Waals surface area contributed by atoms with Crippen LogP contribution in [0.15, 0.2) is 0 Å². The van der Waals surface area contributed by atoms with Gasteiger partial charge in [0, 0.05) is 6.92 Å². The van der Waals surface area contributed by atoms with Crippen LogP contribution in [-0.2, 0) is 14.0 Å². The fraction of sp³-hybridized carbons (Fsp3) is 0.500. The quantitative estimate of drug-likeness (QED) is 0.401. The van der Waals surface area contributed by atoms with Crippen LogP contribution in [0.1, 0.15) is 6.92 Å². The first-order valence-electron chi connectivity index (χ1n) is 1.49. The maximum atomic E-state index is 9.66. The summed E-state index contributed by atoms with van der Waals surface area (Å²) in [4.78, 5) is 19.1. The van der Waals surface area contributed by atoms with Crippen molar-refractivity contribution in [2.75, 3.05) is 0 Å². The highest BCUT2D eigenvalue weighted by Gasteiger charge is 1.85. The Morgan fingerprint density at radius 3 is 2.33 bits per heavy atom. The lowest BCUT2D eigenvalue weighted by Gasteiger charge is -1.86. The predicted molar refractivity (Wildman–Crippen MR) is 21.0 cm³/mol. The second-order valence-electron chi connectivity index (χ2n) is 0.754. The van der Waals surface area contributed by atoms with Crippen LogP contribution in [0.5, 0.6) is 0 Å². The molecule has 0 amide bonds. The molecule has 0 aliphatic heterocycles. The second-order valence-corrected chi connectivity index (χ2v) is 1.28. The maximum Gasteiger partial charge on any atom is 0.401 e. The molecule has 0 saturated carbocycles. The molecule has 0 aromatic rings. The summed E-state index contributed by atoms with van der Waals surface area (Å²) < 4.78 is 3.99. The Morgan fingerprint density at radius 2 is 2.33 bits per heavy atom. The van der Waals surface area contributed by atoms with Crippen molar-refractivity contribution < 1.29 is 14.0 Å². The van der Waals surface area contributed by atoms with E-state index in [9.17, 15) is 9.59 Å². The van der Waals surface area contributed by atoms with Crippen molar-refractivity contribution in [1.29, 1.82) is 0 Å². The normalized spacial score (nSPS) is 9.67. The van der Waals surface area contributed by atoms with Crippen molar-refractivity contribution in [1.82, 2.24) is 0 Å². The topological polar surface area (TPSA) is 46.2 Å². The molecule has 0 N–H and O–H groups in total. The third-order valence-electron chi connectivity index (χ3n) is 0.262. The van der Waals surface area contributed by atoms with Crippen molar-refractivity contribution in [2.45, 2.75) is 6.92 Å². The van der Waals surface area contributed by atoms with Crippen LogP contribution < -0.4 is 0 Å². The van der Waals surface area contributed by atoms with E-state index in [-0.39, 0.29) is 0 Å². The first-order valence-corrected chi connectivity index (χ1v) is 2.64. The molecule has 4 heteroatoms. The van der Waals surface area contributed by atoms with Crippen molar-refractivity contribution in [3.63, 3.8) is 0 Å². The Kier molecular flexibility index (Phi) is 2.69. The van der Waals surface area contributed by atoms with E-state index in [1.165, 1.54) is 6.92 Å². The lowest BCUT2D eigenvalue weighted by molar-refractivity contribution is -0.132. The van der Waals surface area contributed by atoms with E-state index < -0.39 is 16.0 Å².